The van der Waals surface area contributed by atoms with Crippen LogP contribution in [0.3, 0.4) is 0 Å². The van der Waals surface area contributed by atoms with E-state index in [-0.39, 0.29) is 0 Å². The first-order valence-corrected chi connectivity index (χ1v) is 12.8. The van der Waals surface area contributed by atoms with Crippen LogP contribution >= 0.6 is 0 Å². The molecule has 0 aliphatic rings. The fourth-order valence-electron chi connectivity index (χ4n) is 4.49. The van der Waals surface area contributed by atoms with Crippen molar-refractivity contribution in [1.29, 1.82) is 0 Å². The van der Waals surface area contributed by atoms with Crippen molar-refractivity contribution in [3.05, 3.63) is 18.2 Å². The molecule has 0 aliphatic heterocycles. The topological polar surface area (TPSA) is 19.7 Å². The number of nitrogens with one attached hydrogen (secondary N) is 1. The predicted molar refractivity (Wildman–Crippen MR) is 124 cm³/mol. The fraction of sp³-hybridized carbons (Fsp3) is 0.885. The molecule has 0 aliphatic carbocycles. The van der Waals surface area contributed by atoms with E-state index in [1.807, 2.05) is 0 Å². The molecule has 1 aromatic heterocycles. The van der Waals surface area contributed by atoms with Gasteiger partial charge in [0.15, 0.2) is 0 Å². The van der Waals surface area contributed by atoms with Gasteiger partial charge < -0.3 is 0 Å². The second kappa shape index (κ2) is 17.1. The zero-order valence-electron chi connectivity index (χ0n) is 19.8. The largest absolute Gasteiger partial charge is 0.257 e. The Hall–Kier alpha value is -0.790. The molecular formula is C26H51N2+. The van der Waals surface area contributed by atoms with Gasteiger partial charge in [0.25, 0.3) is 5.82 Å². The molecule has 0 aromatic carbocycles. The standard InChI is InChI=1S/C26H50N2/c1-5-8-10-12-13-14-15-17-19-21-25(7-3)26-27-22-23-28(26)24(4)20-18-16-11-9-6-2/h22-25H,5-21H2,1-4H3/p+1. The molecule has 164 valence electrons. The first-order chi connectivity index (χ1) is 13.7. The van der Waals surface area contributed by atoms with Crippen molar-refractivity contribution in [3.8, 4) is 0 Å². The maximum atomic E-state index is 3.59. The molecule has 2 nitrogen and oxygen atoms in total. The van der Waals surface area contributed by atoms with Crippen LogP contribution in [0.4, 0.5) is 0 Å². The lowest BCUT2D eigenvalue weighted by Gasteiger charge is -2.16. The van der Waals surface area contributed by atoms with Gasteiger partial charge in [0.2, 0.25) is 0 Å². The number of nitrogens with zero attached hydrogens (tertiary/aromatic N) is 1. The van der Waals surface area contributed by atoms with Crippen molar-refractivity contribution in [3.63, 3.8) is 0 Å². The third-order valence-corrected chi connectivity index (χ3v) is 6.48. The lowest BCUT2D eigenvalue weighted by Crippen LogP contribution is -2.41. The van der Waals surface area contributed by atoms with Gasteiger partial charge in [0, 0.05) is 0 Å². The summed E-state index contributed by atoms with van der Waals surface area (Å²) in [4.78, 5) is 3.59. The minimum Gasteiger partial charge on any atom is -0.247 e. The molecule has 2 atom stereocenters. The van der Waals surface area contributed by atoms with Crippen LogP contribution in [0, 0.1) is 0 Å². The smallest absolute Gasteiger partial charge is 0.247 e. The number of unbranched alkanes of at least 4 members (excludes halogenated alkanes) is 12. The average Bonchev–Trinajstić information content (AvgIpc) is 3.19. The van der Waals surface area contributed by atoms with E-state index in [4.69, 9.17) is 0 Å². The van der Waals surface area contributed by atoms with Crippen LogP contribution in [0.2, 0.25) is 0 Å². The second-order valence-electron chi connectivity index (χ2n) is 9.03. The van der Waals surface area contributed by atoms with Gasteiger partial charge in [-0.15, -0.1) is 0 Å². The first-order valence-electron chi connectivity index (χ1n) is 12.8. The zero-order chi connectivity index (χ0) is 20.5. The van der Waals surface area contributed by atoms with Gasteiger partial charge in [-0.25, -0.2) is 9.55 Å². The molecule has 0 amide bonds. The lowest BCUT2D eigenvalue weighted by atomic mass is 9.96. The molecule has 2 heteroatoms. The third kappa shape index (κ3) is 10.7. The Balaban J connectivity index is 2.29. The van der Waals surface area contributed by atoms with E-state index >= 15 is 0 Å². The van der Waals surface area contributed by atoms with Gasteiger partial charge in [0.05, 0.1) is 12.0 Å². The average molecular weight is 392 g/mol. The van der Waals surface area contributed by atoms with Crippen molar-refractivity contribution >= 4 is 0 Å². The maximum absolute atomic E-state index is 3.59. The highest BCUT2D eigenvalue weighted by Gasteiger charge is 2.24. The molecule has 0 bridgehead atoms. The second-order valence-corrected chi connectivity index (χ2v) is 9.03. The summed E-state index contributed by atoms with van der Waals surface area (Å²) in [6, 6.07) is 0.625. The summed E-state index contributed by atoms with van der Waals surface area (Å²) in [5.41, 5.74) is 0. The van der Waals surface area contributed by atoms with Crippen molar-refractivity contribution in [2.45, 2.75) is 149 Å². The van der Waals surface area contributed by atoms with Gasteiger partial charge in [-0.05, 0) is 32.6 Å². The van der Waals surface area contributed by atoms with Gasteiger partial charge >= 0.3 is 0 Å². The molecule has 1 aromatic rings. The van der Waals surface area contributed by atoms with Crippen LogP contribution in [0.25, 0.3) is 0 Å². The van der Waals surface area contributed by atoms with Gasteiger partial charge in [-0.3, -0.25) is 0 Å². The molecule has 0 fully saturated rings. The Kier molecular flexibility index (Phi) is 15.4. The number of rotatable bonds is 19. The molecule has 0 saturated heterocycles. The number of imidazole rings is 1. The van der Waals surface area contributed by atoms with Crippen LogP contribution in [-0.4, -0.2) is 4.98 Å². The summed E-state index contributed by atoms with van der Waals surface area (Å²) >= 11 is 0. The Morgan fingerprint density at radius 3 is 1.75 bits per heavy atom. The summed E-state index contributed by atoms with van der Waals surface area (Å²) in [5, 5.41) is 0. The van der Waals surface area contributed by atoms with Crippen molar-refractivity contribution in [1.82, 2.24) is 4.98 Å². The van der Waals surface area contributed by atoms with Gasteiger partial charge in [-0.1, -0.05) is 104 Å². The molecule has 0 radical (unpaired) electrons. The molecule has 1 N–H and O–H groups in total. The van der Waals surface area contributed by atoms with Crippen LogP contribution in [0.1, 0.15) is 155 Å². The molecule has 0 spiro atoms. The Labute approximate surface area is 176 Å². The monoisotopic (exact) mass is 391 g/mol. The van der Waals surface area contributed by atoms with Gasteiger partial charge in [-0.2, -0.15) is 0 Å². The van der Waals surface area contributed by atoms with Crippen molar-refractivity contribution in [2.75, 3.05) is 0 Å². The minimum absolute atomic E-state index is 0.625. The number of H-pyrrole nitrogens is 1. The van der Waals surface area contributed by atoms with Crippen LogP contribution in [-0.2, 0) is 0 Å². The molecule has 1 heterocycles. The predicted octanol–water partition coefficient (Wildman–Crippen LogP) is 8.64. The van der Waals surface area contributed by atoms with Gasteiger partial charge in [0.1, 0.15) is 12.4 Å². The third-order valence-electron chi connectivity index (χ3n) is 6.48. The highest BCUT2D eigenvalue weighted by atomic mass is 15.1. The molecule has 28 heavy (non-hydrogen) atoms. The van der Waals surface area contributed by atoms with E-state index in [0.29, 0.717) is 12.0 Å². The fourth-order valence-corrected chi connectivity index (χ4v) is 4.49. The SMILES string of the molecule is CCCCCCCCCCCC(CC)c1[nH]cc[n+]1C(C)CCCCCCC. The summed E-state index contributed by atoms with van der Waals surface area (Å²) in [7, 11) is 0. The van der Waals surface area contributed by atoms with E-state index in [2.05, 4.69) is 49.6 Å². The quantitative estimate of drug-likeness (QED) is 0.180. The van der Waals surface area contributed by atoms with E-state index in [0.717, 1.165) is 0 Å². The number of aromatic amines is 1. The maximum Gasteiger partial charge on any atom is 0.257 e. The highest BCUT2D eigenvalue weighted by molar-refractivity contribution is 4.89. The summed E-state index contributed by atoms with van der Waals surface area (Å²) in [6.07, 6.45) is 28.0. The molecule has 2 unspecified atom stereocenters. The number of aromatic nitrogens is 2. The van der Waals surface area contributed by atoms with E-state index in [1.165, 1.54) is 115 Å². The summed E-state index contributed by atoms with van der Waals surface area (Å²) < 4.78 is 2.54. The number of hydrogen-bond donors (Lipinski definition) is 1. The first kappa shape index (κ1) is 25.2. The summed E-state index contributed by atoms with van der Waals surface area (Å²) in [5.74, 6) is 2.17. The van der Waals surface area contributed by atoms with E-state index < -0.39 is 0 Å². The Morgan fingerprint density at radius 2 is 1.21 bits per heavy atom. The van der Waals surface area contributed by atoms with E-state index in [1.54, 1.807) is 0 Å². The van der Waals surface area contributed by atoms with Crippen LogP contribution in [0.15, 0.2) is 12.4 Å². The zero-order valence-corrected chi connectivity index (χ0v) is 19.8. The molecule has 1 rings (SSSR count). The summed E-state index contributed by atoms with van der Waals surface area (Å²) in [6.45, 7) is 9.36. The Morgan fingerprint density at radius 1 is 0.714 bits per heavy atom. The lowest BCUT2D eigenvalue weighted by molar-refractivity contribution is -0.727. The van der Waals surface area contributed by atoms with Crippen molar-refractivity contribution in [2.24, 2.45) is 0 Å². The Bertz CT molecular complexity index is 451. The highest BCUT2D eigenvalue weighted by Crippen LogP contribution is 2.24. The molecule has 0 saturated carbocycles. The minimum atomic E-state index is 0.625. The number of hydrogen-bond acceptors (Lipinski definition) is 0. The van der Waals surface area contributed by atoms with Crippen LogP contribution < -0.4 is 4.57 Å². The van der Waals surface area contributed by atoms with Crippen LogP contribution in [0.5, 0.6) is 0 Å². The molecular weight excluding hydrogens is 340 g/mol. The normalized spacial score (nSPS) is 13.7. The van der Waals surface area contributed by atoms with E-state index in [9.17, 15) is 0 Å². The van der Waals surface area contributed by atoms with Crippen molar-refractivity contribution < 1.29 is 4.57 Å².